The first kappa shape index (κ1) is 12.1. The standard InChI is InChI=1S/C14H23NS/c1-4-10(5-2)14(15-3)13-9-11-7-6-8-12(11)16-13/h9-10,14-15H,4-8H2,1-3H3. The number of thiophene rings is 1. The second kappa shape index (κ2) is 5.33. The van der Waals surface area contributed by atoms with Gasteiger partial charge in [0.1, 0.15) is 0 Å². The molecular formula is C14H23NS. The quantitative estimate of drug-likeness (QED) is 0.818. The van der Waals surface area contributed by atoms with Crippen LogP contribution in [0.1, 0.15) is 54.5 Å². The third-order valence-corrected chi connectivity index (χ3v) is 5.22. The summed E-state index contributed by atoms with van der Waals surface area (Å²) < 4.78 is 0. The number of nitrogens with one attached hydrogen (secondary N) is 1. The summed E-state index contributed by atoms with van der Waals surface area (Å²) in [7, 11) is 2.10. The number of aryl methyl sites for hydroxylation is 2. The van der Waals surface area contributed by atoms with E-state index < -0.39 is 0 Å². The highest BCUT2D eigenvalue weighted by Gasteiger charge is 2.23. The highest BCUT2D eigenvalue weighted by Crippen LogP contribution is 2.37. The molecule has 1 aliphatic carbocycles. The lowest BCUT2D eigenvalue weighted by Gasteiger charge is -2.23. The molecular weight excluding hydrogens is 214 g/mol. The third kappa shape index (κ3) is 2.18. The highest BCUT2D eigenvalue weighted by atomic mass is 32.1. The van der Waals surface area contributed by atoms with E-state index in [-0.39, 0.29) is 0 Å². The van der Waals surface area contributed by atoms with Gasteiger partial charge in [-0.05, 0) is 43.9 Å². The summed E-state index contributed by atoms with van der Waals surface area (Å²) in [6.45, 7) is 4.61. The number of fused-ring (bicyclic) bond motifs is 1. The second-order valence-corrected chi connectivity index (χ2v) is 5.96. The van der Waals surface area contributed by atoms with E-state index in [9.17, 15) is 0 Å². The van der Waals surface area contributed by atoms with Gasteiger partial charge in [0.25, 0.3) is 0 Å². The molecule has 1 unspecified atom stereocenters. The minimum Gasteiger partial charge on any atom is -0.312 e. The van der Waals surface area contributed by atoms with Crippen LogP contribution in [0.15, 0.2) is 6.07 Å². The lowest BCUT2D eigenvalue weighted by Crippen LogP contribution is -2.23. The van der Waals surface area contributed by atoms with Gasteiger partial charge in [-0.15, -0.1) is 11.3 Å². The van der Waals surface area contributed by atoms with Crippen LogP contribution in [0.5, 0.6) is 0 Å². The first-order valence-electron chi connectivity index (χ1n) is 6.58. The molecule has 0 radical (unpaired) electrons. The zero-order chi connectivity index (χ0) is 11.5. The van der Waals surface area contributed by atoms with Gasteiger partial charge in [0.15, 0.2) is 0 Å². The van der Waals surface area contributed by atoms with Crippen LogP contribution in [0.3, 0.4) is 0 Å². The summed E-state index contributed by atoms with van der Waals surface area (Å²) in [4.78, 5) is 3.22. The molecule has 0 bridgehead atoms. The number of hydrogen-bond acceptors (Lipinski definition) is 2. The van der Waals surface area contributed by atoms with Gasteiger partial charge in [0, 0.05) is 15.8 Å². The van der Waals surface area contributed by atoms with E-state index in [0.29, 0.717) is 6.04 Å². The smallest absolute Gasteiger partial charge is 0.0440 e. The van der Waals surface area contributed by atoms with Crippen molar-refractivity contribution in [3.63, 3.8) is 0 Å². The van der Waals surface area contributed by atoms with Crippen LogP contribution in [0, 0.1) is 5.92 Å². The van der Waals surface area contributed by atoms with Crippen molar-refractivity contribution in [3.05, 3.63) is 21.4 Å². The van der Waals surface area contributed by atoms with E-state index in [1.54, 1.807) is 15.3 Å². The second-order valence-electron chi connectivity index (χ2n) is 4.79. The van der Waals surface area contributed by atoms with Gasteiger partial charge in [-0.2, -0.15) is 0 Å². The lowest BCUT2D eigenvalue weighted by atomic mass is 9.93. The summed E-state index contributed by atoms with van der Waals surface area (Å²) in [5.41, 5.74) is 1.63. The molecule has 1 heterocycles. The maximum absolute atomic E-state index is 3.52. The lowest BCUT2D eigenvalue weighted by molar-refractivity contribution is 0.364. The molecule has 1 atom stereocenters. The van der Waals surface area contributed by atoms with Crippen LogP contribution in [-0.2, 0) is 12.8 Å². The summed E-state index contributed by atoms with van der Waals surface area (Å²) in [6, 6.07) is 3.04. The summed E-state index contributed by atoms with van der Waals surface area (Å²) >= 11 is 2.05. The van der Waals surface area contributed by atoms with E-state index in [1.807, 2.05) is 0 Å². The molecule has 0 saturated carbocycles. The maximum Gasteiger partial charge on any atom is 0.0440 e. The zero-order valence-electron chi connectivity index (χ0n) is 10.7. The van der Waals surface area contributed by atoms with E-state index in [2.05, 4.69) is 43.6 Å². The Kier molecular flexibility index (Phi) is 4.04. The minimum absolute atomic E-state index is 0.575. The van der Waals surface area contributed by atoms with E-state index in [4.69, 9.17) is 0 Å². The fraction of sp³-hybridized carbons (Fsp3) is 0.714. The molecule has 0 aromatic carbocycles. The van der Waals surface area contributed by atoms with Crippen molar-refractivity contribution < 1.29 is 0 Å². The fourth-order valence-corrected chi connectivity index (χ4v) is 4.34. The topological polar surface area (TPSA) is 12.0 Å². The monoisotopic (exact) mass is 237 g/mol. The van der Waals surface area contributed by atoms with Gasteiger partial charge in [0.2, 0.25) is 0 Å². The van der Waals surface area contributed by atoms with Crippen molar-refractivity contribution in [1.29, 1.82) is 0 Å². The molecule has 0 saturated heterocycles. The summed E-state index contributed by atoms with van der Waals surface area (Å²) in [6.07, 6.45) is 6.54. The van der Waals surface area contributed by atoms with Crippen LogP contribution in [0.2, 0.25) is 0 Å². The highest BCUT2D eigenvalue weighted by molar-refractivity contribution is 7.12. The Morgan fingerprint density at radius 2 is 2.06 bits per heavy atom. The first-order valence-corrected chi connectivity index (χ1v) is 7.40. The van der Waals surface area contributed by atoms with Crippen molar-refractivity contribution >= 4 is 11.3 Å². The van der Waals surface area contributed by atoms with Crippen LogP contribution in [-0.4, -0.2) is 7.05 Å². The van der Waals surface area contributed by atoms with Crippen molar-refractivity contribution in [1.82, 2.24) is 5.32 Å². The van der Waals surface area contributed by atoms with Crippen molar-refractivity contribution in [2.45, 2.75) is 52.0 Å². The number of hydrogen-bond donors (Lipinski definition) is 1. The molecule has 0 aliphatic heterocycles. The average Bonchev–Trinajstić information content (AvgIpc) is 2.85. The van der Waals surface area contributed by atoms with Gasteiger partial charge >= 0.3 is 0 Å². The molecule has 0 amide bonds. The van der Waals surface area contributed by atoms with Gasteiger partial charge in [-0.1, -0.05) is 26.7 Å². The Labute approximate surface area is 103 Å². The van der Waals surface area contributed by atoms with E-state index in [0.717, 1.165) is 5.92 Å². The molecule has 90 valence electrons. The van der Waals surface area contributed by atoms with Crippen LogP contribution >= 0.6 is 11.3 Å². The molecule has 1 N–H and O–H groups in total. The van der Waals surface area contributed by atoms with Gasteiger partial charge in [0.05, 0.1) is 0 Å². The fourth-order valence-electron chi connectivity index (χ4n) is 2.88. The van der Waals surface area contributed by atoms with Gasteiger partial charge in [-0.3, -0.25) is 0 Å². The van der Waals surface area contributed by atoms with Crippen molar-refractivity contribution in [3.8, 4) is 0 Å². The van der Waals surface area contributed by atoms with Gasteiger partial charge in [-0.25, -0.2) is 0 Å². The van der Waals surface area contributed by atoms with Crippen molar-refractivity contribution in [2.75, 3.05) is 7.05 Å². The Bertz CT molecular complexity index is 317. The first-order chi connectivity index (χ1) is 7.80. The summed E-state index contributed by atoms with van der Waals surface area (Å²) in [5, 5.41) is 3.52. The molecule has 16 heavy (non-hydrogen) atoms. The number of rotatable bonds is 5. The zero-order valence-corrected chi connectivity index (χ0v) is 11.5. The molecule has 2 heteroatoms. The predicted octanol–water partition coefficient (Wildman–Crippen LogP) is 3.93. The predicted molar refractivity (Wildman–Crippen MR) is 72.2 cm³/mol. The van der Waals surface area contributed by atoms with Crippen LogP contribution in [0.4, 0.5) is 0 Å². The van der Waals surface area contributed by atoms with Crippen LogP contribution < -0.4 is 5.32 Å². The minimum atomic E-state index is 0.575. The van der Waals surface area contributed by atoms with Crippen molar-refractivity contribution in [2.24, 2.45) is 5.92 Å². The maximum atomic E-state index is 3.52. The van der Waals surface area contributed by atoms with E-state index in [1.165, 1.54) is 32.1 Å². The molecule has 1 aliphatic rings. The molecule has 1 nitrogen and oxygen atoms in total. The Morgan fingerprint density at radius 3 is 2.62 bits per heavy atom. The Balaban J connectivity index is 2.19. The summed E-state index contributed by atoms with van der Waals surface area (Å²) in [5.74, 6) is 0.781. The largest absolute Gasteiger partial charge is 0.312 e. The normalized spacial score (nSPS) is 16.8. The molecule has 0 spiro atoms. The average molecular weight is 237 g/mol. The van der Waals surface area contributed by atoms with E-state index >= 15 is 0 Å². The van der Waals surface area contributed by atoms with Gasteiger partial charge < -0.3 is 5.32 Å². The molecule has 2 rings (SSSR count). The molecule has 1 aromatic rings. The Morgan fingerprint density at radius 1 is 1.31 bits per heavy atom. The third-order valence-electron chi connectivity index (χ3n) is 3.90. The SMILES string of the molecule is CCC(CC)C(NC)c1cc2c(s1)CCC2. The molecule has 0 fully saturated rings. The van der Waals surface area contributed by atoms with Crippen LogP contribution in [0.25, 0.3) is 0 Å². The Hall–Kier alpha value is -0.340. The molecule has 1 aromatic heterocycles.